The third kappa shape index (κ3) is 1.08. The molecule has 0 aliphatic rings. The Morgan fingerprint density at radius 1 is 1.54 bits per heavy atom. The molecule has 6 heteroatoms. The maximum atomic E-state index is 10.4. The number of rotatable bonds is 1. The summed E-state index contributed by atoms with van der Waals surface area (Å²) >= 11 is 0. The van der Waals surface area contributed by atoms with Gasteiger partial charge in [-0.1, -0.05) is 11.1 Å². The van der Waals surface area contributed by atoms with E-state index >= 15 is 0 Å². The number of nitrogens with one attached hydrogen (secondary N) is 1. The summed E-state index contributed by atoms with van der Waals surface area (Å²) in [7, 11) is 0. The van der Waals surface area contributed by atoms with Gasteiger partial charge in [0.25, 0.3) is 0 Å². The van der Waals surface area contributed by atoms with E-state index in [0.717, 1.165) is 0 Å². The van der Waals surface area contributed by atoms with Crippen LogP contribution in [0.1, 0.15) is 0 Å². The monoisotopic (exact) mass is 178 g/mol. The number of nitrogens with zero attached hydrogens (tertiary/aromatic N) is 2. The Labute approximate surface area is 72.5 Å². The number of hydrogen-bond acceptors (Lipinski definition) is 4. The van der Waals surface area contributed by atoms with E-state index in [1.165, 1.54) is 0 Å². The number of nitrogen functional groups attached to an aromatic ring is 1. The highest BCUT2D eigenvalue weighted by Gasteiger charge is 2.14. The molecule has 0 fully saturated rings. The summed E-state index contributed by atoms with van der Waals surface area (Å²) in [6.45, 7) is 0. The molecule has 3 N–H and O–H groups in total. The molecule has 0 atom stereocenters. The lowest BCUT2D eigenvalue weighted by atomic mass is 10.3. The van der Waals surface area contributed by atoms with Crippen molar-refractivity contribution in [3.63, 3.8) is 0 Å². The number of para-hydroxylation sites is 1. The van der Waals surface area contributed by atoms with Gasteiger partial charge in [-0.3, -0.25) is 0 Å². The first-order valence-corrected chi connectivity index (χ1v) is 3.57. The molecule has 0 saturated heterocycles. The van der Waals surface area contributed by atoms with E-state index in [0.29, 0.717) is 16.7 Å². The molecule has 6 nitrogen and oxygen atoms in total. The number of imidazole rings is 1. The van der Waals surface area contributed by atoms with Crippen molar-refractivity contribution in [1.29, 1.82) is 0 Å². The van der Waals surface area contributed by atoms with Crippen molar-refractivity contribution in [3.8, 4) is 0 Å². The van der Waals surface area contributed by atoms with Crippen molar-refractivity contribution < 1.29 is 4.92 Å². The summed E-state index contributed by atoms with van der Waals surface area (Å²) in [5, 5.41) is 10.4. The molecule has 2 aromatic rings. The number of H-pyrrole nitrogens is 1. The van der Waals surface area contributed by atoms with Gasteiger partial charge in [0.1, 0.15) is 5.52 Å². The van der Waals surface area contributed by atoms with Crippen LogP contribution in [0.5, 0.6) is 0 Å². The zero-order valence-corrected chi connectivity index (χ0v) is 6.52. The first kappa shape index (κ1) is 7.53. The Morgan fingerprint density at radius 3 is 2.92 bits per heavy atom. The highest BCUT2D eigenvalue weighted by Crippen LogP contribution is 2.20. The van der Waals surface area contributed by atoms with E-state index in [9.17, 15) is 10.1 Å². The number of aromatic nitrogens is 2. The molecule has 0 aliphatic carbocycles. The highest BCUT2D eigenvalue weighted by atomic mass is 16.6. The minimum atomic E-state index is -0.584. The van der Waals surface area contributed by atoms with Crippen molar-refractivity contribution >= 4 is 22.7 Å². The first-order valence-electron chi connectivity index (χ1n) is 3.57. The van der Waals surface area contributed by atoms with Crippen molar-refractivity contribution in [3.05, 3.63) is 28.3 Å². The lowest BCUT2D eigenvalue weighted by molar-refractivity contribution is -0.393. The molecule has 0 saturated carbocycles. The summed E-state index contributed by atoms with van der Waals surface area (Å²) < 4.78 is 0. The molecule has 0 bridgehead atoms. The van der Waals surface area contributed by atoms with Crippen molar-refractivity contribution in [2.45, 2.75) is 0 Å². The third-order valence-electron chi connectivity index (χ3n) is 1.70. The fourth-order valence-electron chi connectivity index (χ4n) is 1.13. The average Bonchev–Trinajstić information content (AvgIpc) is 2.49. The van der Waals surface area contributed by atoms with Crippen LogP contribution >= 0.6 is 0 Å². The van der Waals surface area contributed by atoms with E-state index in [1.54, 1.807) is 18.2 Å². The highest BCUT2D eigenvalue weighted by molar-refractivity contribution is 5.87. The number of fused-ring (bicyclic) bond motifs is 1. The summed E-state index contributed by atoms with van der Waals surface area (Å²) in [5.74, 6) is -0.284. The fourth-order valence-corrected chi connectivity index (χ4v) is 1.13. The molecule has 1 aromatic carbocycles. The van der Waals surface area contributed by atoms with Gasteiger partial charge in [0.05, 0.1) is 5.69 Å². The SMILES string of the molecule is Nc1cccc2[nH]c([N+](=O)[O-])nc12. The lowest BCUT2D eigenvalue weighted by Gasteiger charge is -1.86. The third-order valence-corrected chi connectivity index (χ3v) is 1.70. The van der Waals surface area contributed by atoms with Gasteiger partial charge in [-0.15, -0.1) is 0 Å². The predicted molar refractivity (Wildman–Crippen MR) is 47.2 cm³/mol. The zero-order valence-electron chi connectivity index (χ0n) is 6.52. The predicted octanol–water partition coefficient (Wildman–Crippen LogP) is 1.05. The molecule has 0 aliphatic heterocycles. The normalized spacial score (nSPS) is 10.5. The van der Waals surface area contributed by atoms with Gasteiger partial charge in [0.15, 0.2) is 0 Å². The summed E-state index contributed by atoms with van der Waals surface area (Å²) in [6, 6.07) is 5.04. The molecule has 2 rings (SSSR count). The van der Waals surface area contributed by atoms with E-state index in [1.807, 2.05) is 0 Å². The Kier molecular flexibility index (Phi) is 1.42. The molecule has 0 amide bonds. The van der Waals surface area contributed by atoms with E-state index in [2.05, 4.69) is 9.97 Å². The number of benzene rings is 1. The van der Waals surface area contributed by atoms with Crippen molar-refractivity contribution in [2.75, 3.05) is 5.73 Å². The average molecular weight is 178 g/mol. The van der Waals surface area contributed by atoms with E-state index < -0.39 is 4.92 Å². The van der Waals surface area contributed by atoms with Gasteiger partial charge in [-0.2, -0.15) is 0 Å². The van der Waals surface area contributed by atoms with Gasteiger partial charge in [0, 0.05) is 0 Å². The molecular formula is C7H6N4O2. The molecule has 66 valence electrons. The second-order valence-corrected chi connectivity index (χ2v) is 2.56. The second-order valence-electron chi connectivity index (χ2n) is 2.56. The van der Waals surface area contributed by atoms with E-state index in [4.69, 9.17) is 5.73 Å². The summed E-state index contributed by atoms with van der Waals surface area (Å²) in [5.41, 5.74) is 7.01. The fraction of sp³-hybridized carbons (Fsp3) is 0. The van der Waals surface area contributed by atoms with Crippen LogP contribution < -0.4 is 5.73 Å². The van der Waals surface area contributed by atoms with Gasteiger partial charge in [0.2, 0.25) is 5.52 Å². The topological polar surface area (TPSA) is 97.8 Å². The van der Waals surface area contributed by atoms with E-state index in [-0.39, 0.29) is 5.95 Å². The van der Waals surface area contributed by atoms with Crippen LogP contribution in [0.2, 0.25) is 0 Å². The second kappa shape index (κ2) is 2.44. The van der Waals surface area contributed by atoms with Crippen molar-refractivity contribution in [2.24, 2.45) is 0 Å². The number of nitro groups is 1. The van der Waals surface area contributed by atoms with Crippen LogP contribution in [-0.2, 0) is 0 Å². The molecular weight excluding hydrogens is 172 g/mol. The smallest absolute Gasteiger partial charge is 0.396 e. The van der Waals surface area contributed by atoms with Crippen LogP contribution in [0.4, 0.5) is 11.6 Å². The van der Waals surface area contributed by atoms with Crippen LogP contribution in [0.15, 0.2) is 18.2 Å². The summed E-state index contributed by atoms with van der Waals surface area (Å²) in [4.78, 5) is 16.0. The Morgan fingerprint density at radius 2 is 2.31 bits per heavy atom. The lowest BCUT2D eigenvalue weighted by Crippen LogP contribution is -1.89. The number of hydrogen-bond donors (Lipinski definition) is 2. The largest absolute Gasteiger partial charge is 0.433 e. The quantitative estimate of drug-likeness (QED) is 0.387. The van der Waals surface area contributed by atoms with Crippen LogP contribution in [-0.4, -0.2) is 14.9 Å². The van der Waals surface area contributed by atoms with Crippen molar-refractivity contribution in [1.82, 2.24) is 9.97 Å². The van der Waals surface area contributed by atoms with Gasteiger partial charge < -0.3 is 15.8 Å². The maximum Gasteiger partial charge on any atom is 0.433 e. The van der Waals surface area contributed by atoms with Gasteiger partial charge >= 0.3 is 5.95 Å². The van der Waals surface area contributed by atoms with Crippen LogP contribution in [0.3, 0.4) is 0 Å². The first-order chi connectivity index (χ1) is 6.18. The zero-order chi connectivity index (χ0) is 9.42. The van der Waals surface area contributed by atoms with Gasteiger partial charge in [-0.25, -0.2) is 4.98 Å². The molecule has 0 unspecified atom stereocenters. The number of nitrogens with two attached hydrogens (primary N) is 1. The molecule has 13 heavy (non-hydrogen) atoms. The Hall–Kier alpha value is -2.11. The van der Waals surface area contributed by atoms with Gasteiger partial charge in [-0.05, 0) is 17.1 Å². The van der Waals surface area contributed by atoms with Crippen LogP contribution in [0, 0.1) is 10.1 Å². The van der Waals surface area contributed by atoms with Crippen LogP contribution in [0.25, 0.3) is 11.0 Å². The minimum absolute atomic E-state index is 0.284. The molecule has 0 spiro atoms. The minimum Gasteiger partial charge on any atom is -0.396 e. The standard InChI is InChI=1S/C7H6N4O2/c8-4-2-1-3-5-6(4)10-7(9-5)11(12)13/h1-3H,8H2,(H,9,10). The molecule has 0 radical (unpaired) electrons. The maximum absolute atomic E-state index is 10.4. The Bertz CT molecular complexity index is 476. The molecule has 1 aromatic heterocycles. The molecule has 1 heterocycles. The number of aromatic amines is 1. The summed E-state index contributed by atoms with van der Waals surface area (Å²) in [6.07, 6.45) is 0. The Balaban J connectivity index is 2.75. The number of anilines is 1.